The fourth-order valence-corrected chi connectivity index (χ4v) is 2.97. The van der Waals surface area contributed by atoms with Gasteiger partial charge in [-0.1, -0.05) is 0 Å². The van der Waals surface area contributed by atoms with Crippen molar-refractivity contribution in [1.29, 1.82) is 0 Å². The van der Waals surface area contributed by atoms with Crippen LogP contribution in [0.25, 0.3) is 0 Å². The van der Waals surface area contributed by atoms with Crippen LogP contribution in [-0.4, -0.2) is 36.5 Å². The van der Waals surface area contributed by atoms with Gasteiger partial charge in [-0.3, -0.25) is 10.1 Å². The highest BCUT2D eigenvalue weighted by Gasteiger charge is 2.17. The van der Waals surface area contributed by atoms with Gasteiger partial charge in [0.25, 0.3) is 5.69 Å². The minimum absolute atomic E-state index is 0.147. The Morgan fingerprint density at radius 1 is 1.47 bits per heavy atom. The maximum absolute atomic E-state index is 10.7. The Kier molecular flexibility index (Phi) is 4.98. The molecule has 0 aliphatic carbocycles. The van der Waals surface area contributed by atoms with E-state index in [0.717, 1.165) is 28.9 Å². The highest BCUT2D eigenvalue weighted by Crippen LogP contribution is 2.25. The van der Waals surface area contributed by atoms with E-state index in [1.807, 2.05) is 0 Å². The molecule has 6 heteroatoms. The lowest BCUT2D eigenvalue weighted by atomic mass is 9.97. The van der Waals surface area contributed by atoms with Crippen LogP contribution in [0.15, 0.2) is 18.2 Å². The molecule has 1 saturated heterocycles. The van der Waals surface area contributed by atoms with Crippen LogP contribution in [0.1, 0.15) is 12.8 Å². The van der Waals surface area contributed by atoms with E-state index in [0.29, 0.717) is 5.92 Å². The van der Waals surface area contributed by atoms with Crippen LogP contribution < -0.4 is 5.32 Å². The van der Waals surface area contributed by atoms with E-state index in [2.05, 4.69) is 39.9 Å². The molecule has 0 aromatic heterocycles. The Morgan fingerprint density at radius 3 is 2.74 bits per heavy atom. The summed E-state index contributed by atoms with van der Waals surface area (Å²) in [6.45, 7) is 3.26. The molecule has 1 aromatic rings. The SMILES string of the molecule is CN1CCC(CNc2ccc([N+](=O)[O-])cc2I)CC1. The van der Waals surface area contributed by atoms with Gasteiger partial charge in [0.2, 0.25) is 0 Å². The number of rotatable bonds is 4. The number of nitrogens with zero attached hydrogens (tertiary/aromatic N) is 2. The van der Waals surface area contributed by atoms with Crippen molar-refractivity contribution in [3.63, 3.8) is 0 Å². The molecule has 5 nitrogen and oxygen atoms in total. The molecule has 1 fully saturated rings. The van der Waals surface area contributed by atoms with Crippen molar-refractivity contribution in [2.75, 3.05) is 32.0 Å². The van der Waals surface area contributed by atoms with E-state index < -0.39 is 0 Å². The molecule has 1 aliphatic rings. The molecule has 0 saturated carbocycles. The molecule has 0 amide bonds. The number of piperidine rings is 1. The number of likely N-dealkylation sites (tertiary alicyclic amines) is 1. The van der Waals surface area contributed by atoms with Gasteiger partial charge in [-0.05, 0) is 67.6 Å². The first-order valence-electron chi connectivity index (χ1n) is 6.42. The number of benzene rings is 1. The first-order valence-corrected chi connectivity index (χ1v) is 7.50. The molecule has 1 aliphatic heterocycles. The Labute approximate surface area is 126 Å². The van der Waals surface area contributed by atoms with Gasteiger partial charge >= 0.3 is 0 Å². The van der Waals surface area contributed by atoms with Crippen molar-refractivity contribution < 1.29 is 4.92 Å². The zero-order chi connectivity index (χ0) is 13.8. The van der Waals surface area contributed by atoms with E-state index in [4.69, 9.17) is 0 Å². The van der Waals surface area contributed by atoms with Crippen molar-refractivity contribution in [3.05, 3.63) is 31.9 Å². The summed E-state index contributed by atoms with van der Waals surface area (Å²) in [6, 6.07) is 4.96. The average molecular weight is 375 g/mol. The third kappa shape index (κ3) is 4.04. The summed E-state index contributed by atoms with van der Waals surface area (Å²) < 4.78 is 0.903. The second-order valence-corrected chi connectivity index (χ2v) is 6.21. The van der Waals surface area contributed by atoms with Crippen molar-refractivity contribution >= 4 is 34.0 Å². The van der Waals surface area contributed by atoms with Crippen molar-refractivity contribution in [1.82, 2.24) is 4.90 Å². The lowest BCUT2D eigenvalue weighted by Gasteiger charge is -2.29. The molecule has 1 heterocycles. The number of nitro groups is 1. The Morgan fingerprint density at radius 2 is 2.16 bits per heavy atom. The van der Waals surface area contributed by atoms with Crippen LogP contribution in [0, 0.1) is 19.6 Å². The van der Waals surface area contributed by atoms with E-state index in [1.54, 1.807) is 18.2 Å². The van der Waals surface area contributed by atoms with Crippen LogP contribution in [0.5, 0.6) is 0 Å². The monoisotopic (exact) mass is 375 g/mol. The highest BCUT2D eigenvalue weighted by atomic mass is 127. The Balaban J connectivity index is 1.91. The van der Waals surface area contributed by atoms with Gasteiger partial charge in [0, 0.05) is 27.9 Å². The normalized spacial score (nSPS) is 17.4. The van der Waals surface area contributed by atoms with Crippen LogP contribution in [0.2, 0.25) is 0 Å². The van der Waals surface area contributed by atoms with Gasteiger partial charge in [0.05, 0.1) is 4.92 Å². The fourth-order valence-electron chi connectivity index (χ4n) is 2.28. The number of hydrogen-bond acceptors (Lipinski definition) is 4. The molecule has 1 N–H and O–H groups in total. The lowest BCUT2D eigenvalue weighted by Crippen LogP contribution is -2.33. The molecular weight excluding hydrogens is 357 g/mol. The van der Waals surface area contributed by atoms with Gasteiger partial charge in [-0.2, -0.15) is 0 Å². The fraction of sp³-hybridized carbons (Fsp3) is 0.538. The molecule has 104 valence electrons. The topological polar surface area (TPSA) is 58.4 Å². The molecule has 19 heavy (non-hydrogen) atoms. The minimum Gasteiger partial charge on any atom is -0.384 e. The van der Waals surface area contributed by atoms with Crippen LogP contribution in [-0.2, 0) is 0 Å². The number of halogens is 1. The molecule has 0 atom stereocenters. The number of anilines is 1. The first kappa shape index (κ1) is 14.5. The van der Waals surface area contributed by atoms with E-state index in [1.165, 1.54) is 12.8 Å². The van der Waals surface area contributed by atoms with Crippen molar-refractivity contribution in [2.45, 2.75) is 12.8 Å². The van der Waals surface area contributed by atoms with E-state index in [9.17, 15) is 10.1 Å². The van der Waals surface area contributed by atoms with Gasteiger partial charge in [0.15, 0.2) is 0 Å². The zero-order valence-corrected chi connectivity index (χ0v) is 13.1. The van der Waals surface area contributed by atoms with Gasteiger partial charge in [0.1, 0.15) is 0 Å². The molecule has 0 spiro atoms. The minimum atomic E-state index is -0.358. The summed E-state index contributed by atoms with van der Waals surface area (Å²) >= 11 is 2.14. The predicted molar refractivity (Wildman–Crippen MR) is 84.5 cm³/mol. The molecular formula is C13H18IN3O2. The lowest BCUT2D eigenvalue weighted by molar-refractivity contribution is -0.384. The number of nitro benzene ring substituents is 1. The summed E-state index contributed by atoms with van der Waals surface area (Å²) in [4.78, 5) is 12.7. The van der Waals surface area contributed by atoms with Gasteiger partial charge in [-0.15, -0.1) is 0 Å². The highest BCUT2D eigenvalue weighted by molar-refractivity contribution is 14.1. The number of non-ortho nitro benzene ring substituents is 1. The summed E-state index contributed by atoms with van der Waals surface area (Å²) in [5.41, 5.74) is 1.14. The van der Waals surface area contributed by atoms with E-state index >= 15 is 0 Å². The summed E-state index contributed by atoms with van der Waals surface area (Å²) in [7, 11) is 2.16. The Bertz CT molecular complexity index is 459. The quantitative estimate of drug-likeness (QED) is 0.500. The molecule has 2 rings (SSSR count). The maximum Gasteiger partial charge on any atom is 0.270 e. The smallest absolute Gasteiger partial charge is 0.270 e. The second-order valence-electron chi connectivity index (χ2n) is 5.05. The van der Waals surface area contributed by atoms with Gasteiger partial charge < -0.3 is 10.2 Å². The van der Waals surface area contributed by atoms with Crippen LogP contribution in [0.3, 0.4) is 0 Å². The van der Waals surface area contributed by atoms with Crippen LogP contribution >= 0.6 is 22.6 Å². The largest absolute Gasteiger partial charge is 0.384 e. The maximum atomic E-state index is 10.7. The summed E-state index contributed by atoms with van der Waals surface area (Å²) in [5, 5.41) is 14.1. The van der Waals surface area contributed by atoms with Gasteiger partial charge in [-0.25, -0.2) is 0 Å². The van der Waals surface area contributed by atoms with Crippen LogP contribution in [0.4, 0.5) is 11.4 Å². The molecule has 0 unspecified atom stereocenters. The number of nitrogens with one attached hydrogen (secondary N) is 1. The predicted octanol–water partition coefficient (Wildman–Crippen LogP) is 2.95. The van der Waals surface area contributed by atoms with E-state index in [-0.39, 0.29) is 10.6 Å². The van der Waals surface area contributed by atoms with Crippen molar-refractivity contribution in [3.8, 4) is 0 Å². The molecule has 1 aromatic carbocycles. The molecule has 0 radical (unpaired) electrons. The average Bonchev–Trinajstić information content (AvgIpc) is 2.39. The third-order valence-electron chi connectivity index (χ3n) is 3.58. The summed E-state index contributed by atoms with van der Waals surface area (Å²) in [6.07, 6.45) is 2.43. The Hall–Kier alpha value is -0.890. The summed E-state index contributed by atoms with van der Waals surface area (Å²) in [5.74, 6) is 0.696. The third-order valence-corrected chi connectivity index (χ3v) is 4.48. The second kappa shape index (κ2) is 6.51. The van der Waals surface area contributed by atoms with Crippen molar-refractivity contribution in [2.24, 2.45) is 5.92 Å². The standard InChI is InChI=1S/C13H18IN3O2/c1-16-6-4-10(5-7-16)9-15-13-3-2-11(17(18)19)8-12(13)14/h2-3,8,10,15H,4-7,9H2,1H3. The first-order chi connectivity index (χ1) is 9.06. The number of hydrogen-bond donors (Lipinski definition) is 1. The molecule has 0 bridgehead atoms. The zero-order valence-electron chi connectivity index (χ0n) is 10.9.